The molecule has 2 N–H and O–H groups in total. The van der Waals surface area contributed by atoms with Gasteiger partial charge in [0, 0.05) is 12.6 Å². The Hall–Kier alpha value is -0.905. The maximum atomic E-state index is 13.3. The maximum Gasteiger partial charge on any atom is 0.488 e. The van der Waals surface area contributed by atoms with E-state index in [9.17, 15) is 14.4 Å². The Morgan fingerprint density at radius 2 is 2.00 bits per heavy atom. The highest BCUT2D eigenvalue weighted by atomic mass is 19.1. The number of halogens is 1. The van der Waals surface area contributed by atoms with Crippen molar-refractivity contribution in [1.29, 1.82) is 0 Å². The van der Waals surface area contributed by atoms with E-state index in [2.05, 4.69) is 4.90 Å². The van der Waals surface area contributed by atoms with Gasteiger partial charge in [-0.05, 0) is 54.9 Å². The normalized spacial score (nSPS) is 26.6. The first-order valence-electron chi connectivity index (χ1n) is 7.53. The zero-order chi connectivity index (χ0) is 14.1. The lowest BCUT2D eigenvalue weighted by Crippen LogP contribution is -2.39. The molecule has 20 heavy (non-hydrogen) atoms. The predicted octanol–water partition coefficient (Wildman–Crippen LogP) is 1.27. The third-order valence-corrected chi connectivity index (χ3v) is 4.88. The summed E-state index contributed by atoms with van der Waals surface area (Å²) in [7, 11) is -1.61. The molecule has 0 bridgehead atoms. The third-order valence-electron chi connectivity index (χ3n) is 4.88. The number of hydrogen-bond acceptors (Lipinski definition) is 3. The Kier molecular flexibility index (Phi) is 4.10. The van der Waals surface area contributed by atoms with Gasteiger partial charge in [0.2, 0.25) is 0 Å². The van der Waals surface area contributed by atoms with Crippen LogP contribution in [0.3, 0.4) is 0 Å². The maximum absolute atomic E-state index is 13.3. The molecule has 1 aromatic rings. The highest BCUT2D eigenvalue weighted by Gasteiger charge is 2.35. The van der Waals surface area contributed by atoms with Crippen LogP contribution in [0.5, 0.6) is 0 Å². The van der Waals surface area contributed by atoms with Gasteiger partial charge in [0.15, 0.2) is 0 Å². The monoisotopic (exact) mass is 277 g/mol. The average Bonchev–Trinajstić information content (AvgIpc) is 2.84. The molecule has 1 aliphatic heterocycles. The summed E-state index contributed by atoms with van der Waals surface area (Å²) in [5.74, 6) is 0.375. The van der Waals surface area contributed by atoms with E-state index in [0.717, 1.165) is 18.0 Å². The Labute approximate surface area is 119 Å². The minimum absolute atomic E-state index is 0.296. The minimum Gasteiger partial charge on any atom is -0.423 e. The summed E-state index contributed by atoms with van der Waals surface area (Å²) in [6.45, 7) is 1.75. The van der Waals surface area contributed by atoms with Crippen LogP contribution in [0, 0.1) is 11.7 Å². The molecule has 2 fully saturated rings. The second-order valence-electron chi connectivity index (χ2n) is 6.09. The smallest absolute Gasteiger partial charge is 0.423 e. The molecule has 2 unspecified atom stereocenters. The first-order chi connectivity index (χ1) is 9.65. The van der Waals surface area contributed by atoms with Crippen molar-refractivity contribution in [3.8, 4) is 0 Å². The van der Waals surface area contributed by atoms with E-state index in [1.807, 2.05) is 0 Å². The van der Waals surface area contributed by atoms with Gasteiger partial charge in [-0.25, -0.2) is 4.39 Å². The van der Waals surface area contributed by atoms with Gasteiger partial charge < -0.3 is 10.0 Å². The number of hydrogen-bond donors (Lipinski definition) is 2. The lowest BCUT2D eigenvalue weighted by atomic mass is 9.76. The molecule has 0 aromatic heterocycles. The Morgan fingerprint density at radius 1 is 1.20 bits per heavy atom. The fraction of sp³-hybridized carbons (Fsp3) is 0.600. The van der Waals surface area contributed by atoms with E-state index in [-0.39, 0.29) is 0 Å². The Balaban J connectivity index is 1.77. The standard InChI is InChI=1S/C15H21BFNO2/c17-13-6-5-12(14(9-13)16(19)20)10-18-8-7-11-3-1-2-4-15(11)18/h5-6,9,11,15,19-20H,1-4,7-8,10H2. The molecule has 0 radical (unpaired) electrons. The third kappa shape index (κ3) is 2.75. The average molecular weight is 277 g/mol. The summed E-state index contributed by atoms with van der Waals surface area (Å²) in [4.78, 5) is 2.43. The lowest BCUT2D eigenvalue weighted by molar-refractivity contribution is 0.176. The van der Waals surface area contributed by atoms with Crippen LogP contribution in [0.4, 0.5) is 4.39 Å². The van der Waals surface area contributed by atoms with E-state index in [1.165, 1.54) is 44.2 Å². The summed E-state index contributed by atoms with van der Waals surface area (Å²) in [6, 6.07) is 4.93. The summed E-state index contributed by atoms with van der Waals surface area (Å²) < 4.78 is 13.3. The van der Waals surface area contributed by atoms with Crippen LogP contribution in [-0.4, -0.2) is 34.7 Å². The van der Waals surface area contributed by atoms with Gasteiger partial charge >= 0.3 is 7.12 Å². The molecule has 1 aliphatic carbocycles. The van der Waals surface area contributed by atoms with Gasteiger partial charge in [0.25, 0.3) is 0 Å². The molecule has 108 valence electrons. The first kappa shape index (κ1) is 14.0. The second kappa shape index (κ2) is 5.84. The quantitative estimate of drug-likeness (QED) is 0.818. The number of rotatable bonds is 3. The molecular weight excluding hydrogens is 256 g/mol. The number of nitrogens with zero attached hydrogens (tertiary/aromatic N) is 1. The number of fused-ring (bicyclic) bond motifs is 1. The number of likely N-dealkylation sites (tertiary alicyclic amines) is 1. The molecule has 1 saturated heterocycles. The van der Waals surface area contributed by atoms with Crippen molar-refractivity contribution in [3.63, 3.8) is 0 Å². The predicted molar refractivity (Wildman–Crippen MR) is 77.0 cm³/mol. The summed E-state index contributed by atoms with van der Waals surface area (Å²) >= 11 is 0. The molecule has 1 heterocycles. The largest absolute Gasteiger partial charge is 0.488 e. The fourth-order valence-corrected chi connectivity index (χ4v) is 3.87. The van der Waals surface area contributed by atoms with Gasteiger partial charge in [0.1, 0.15) is 5.82 Å². The molecule has 0 spiro atoms. The van der Waals surface area contributed by atoms with E-state index >= 15 is 0 Å². The van der Waals surface area contributed by atoms with Crippen molar-refractivity contribution < 1.29 is 14.4 Å². The number of benzene rings is 1. The Morgan fingerprint density at radius 3 is 2.80 bits per heavy atom. The van der Waals surface area contributed by atoms with E-state index in [1.54, 1.807) is 6.07 Å². The summed E-state index contributed by atoms with van der Waals surface area (Å²) in [5, 5.41) is 18.8. The summed E-state index contributed by atoms with van der Waals surface area (Å²) in [6.07, 6.45) is 6.43. The second-order valence-corrected chi connectivity index (χ2v) is 6.09. The van der Waals surface area contributed by atoms with Crippen LogP contribution in [0.1, 0.15) is 37.7 Å². The van der Waals surface area contributed by atoms with Crippen LogP contribution in [0.25, 0.3) is 0 Å². The van der Waals surface area contributed by atoms with E-state index < -0.39 is 12.9 Å². The Bertz CT molecular complexity index is 483. The van der Waals surface area contributed by atoms with Crippen LogP contribution >= 0.6 is 0 Å². The van der Waals surface area contributed by atoms with Gasteiger partial charge in [-0.3, -0.25) is 4.90 Å². The van der Waals surface area contributed by atoms with Crippen molar-refractivity contribution in [2.45, 2.75) is 44.7 Å². The molecule has 1 aromatic carbocycles. The highest BCUT2D eigenvalue weighted by Crippen LogP contribution is 2.36. The van der Waals surface area contributed by atoms with Crippen LogP contribution in [-0.2, 0) is 6.54 Å². The van der Waals surface area contributed by atoms with Gasteiger partial charge in [-0.2, -0.15) is 0 Å². The summed E-state index contributed by atoms with van der Waals surface area (Å²) in [5.41, 5.74) is 1.12. The van der Waals surface area contributed by atoms with Gasteiger partial charge in [-0.15, -0.1) is 0 Å². The molecule has 2 aliphatic rings. The molecule has 3 rings (SSSR count). The van der Waals surface area contributed by atoms with Crippen molar-refractivity contribution in [3.05, 3.63) is 29.6 Å². The topological polar surface area (TPSA) is 43.7 Å². The molecule has 3 nitrogen and oxygen atoms in total. The lowest BCUT2D eigenvalue weighted by Gasteiger charge is -2.32. The van der Waals surface area contributed by atoms with Crippen LogP contribution in [0.2, 0.25) is 0 Å². The molecule has 2 atom stereocenters. The molecular formula is C15H21BFNO2. The first-order valence-corrected chi connectivity index (χ1v) is 7.53. The van der Waals surface area contributed by atoms with E-state index in [4.69, 9.17) is 0 Å². The zero-order valence-electron chi connectivity index (χ0n) is 11.6. The van der Waals surface area contributed by atoms with Crippen molar-refractivity contribution in [2.24, 2.45) is 5.92 Å². The van der Waals surface area contributed by atoms with Crippen molar-refractivity contribution in [2.75, 3.05) is 6.54 Å². The molecule has 0 amide bonds. The van der Waals surface area contributed by atoms with Gasteiger partial charge in [-0.1, -0.05) is 18.9 Å². The minimum atomic E-state index is -1.61. The van der Waals surface area contributed by atoms with Crippen molar-refractivity contribution in [1.82, 2.24) is 4.90 Å². The zero-order valence-corrected chi connectivity index (χ0v) is 11.6. The molecule has 1 saturated carbocycles. The van der Waals surface area contributed by atoms with Crippen LogP contribution in [0.15, 0.2) is 18.2 Å². The highest BCUT2D eigenvalue weighted by molar-refractivity contribution is 6.59. The van der Waals surface area contributed by atoms with Crippen LogP contribution < -0.4 is 5.46 Å². The van der Waals surface area contributed by atoms with Crippen molar-refractivity contribution >= 4 is 12.6 Å². The SMILES string of the molecule is OB(O)c1cc(F)ccc1CN1CCC2CCCCC21. The van der Waals surface area contributed by atoms with Gasteiger partial charge in [0.05, 0.1) is 0 Å². The molecule has 5 heteroatoms. The fourth-order valence-electron chi connectivity index (χ4n) is 3.87. The van der Waals surface area contributed by atoms with E-state index in [0.29, 0.717) is 18.0 Å².